The van der Waals surface area contributed by atoms with Crippen LogP contribution in [0.4, 0.5) is 5.69 Å². The highest BCUT2D eigenvalue weighted by atomic mass is 16.5. The number of amides is 2. The molecule has 7 heteroatoms. The Labute approximate surface area is 174 Å². The molecular formula is C23H22N4O3. The molecule has 1 aromatic heterocycles. The number of anilines is 1. The average Bonchev–Trinajstić information content (AvgIpc) is 3.56. The summed E-state index contributed by atoms with van der Waals surface area (Å²) in [5.41, 5.74) is 2.90. The van der Waals surface area contributed by atoms with E-state index in [0.29, 0.717) is 23.0 Å². The monoisotopic (exact) mass is 402 g/mol. The second-order valence-electron chi connectivity index (χ2n) is 7.58. The Morgan fingerprint density at radius 1 is 1.07 bits per heavy atom. The molecule has 1 aliphatic carbocycles. The molecule has 7 nitrogen and oxygen atoms in total. The number of nitrogens with zero attached hydrogens (tertiary/aromatic N) is 3. The lowest BCUT2D eigenvalue weighted by Gasteiger charge is -2.34. The summed E-state index contributed by atoms with van der Waals surface area (Å²) >= 11 is 0. The van der Waals surface area contributed by atoms with E-state index in [4.69, 9.17) is 9.84 Å². The lowest BCUT2D eigenvalue weighted by molar-refractivity contribution is -0.127. The number of carbonyl (C=O) groups is 2. The number of rotatable bonds is 4. The van der Waals surface area contributed by atoms with E-state index in [2.05, 4.69) is 5.32 Å². The van der Waals surface area contributed by atoms with Gasteiger partial charge in [0.05, 0.1) is 23.6 Å². The number of para-hydroxylation sites is 3. The van der Waals surface area contributed by atoms with Gasteiger partial charge in [0.2, 0.25) is 0 Å². The average molecular weight is 402 g/mol. The first-order chi connectivity index (χ1) is 14.7. The normalized spacial score (nSPS) is 17.8. The van der Waals surface area contributed by atoms with Crippen LogP contribution >= 0.6 is 0 Å². The molecule has 1 fully saturated rings. The molecule has 1 saturated carbocycles. The van der Waals surface area contributed by atoms with Gasteiger partial charge in [-0.3, -0.25) is 14.5 Å². The topological polar surface area (TPSA) is 76.5 Å². The van der Waals surface area contributed by atoms with Crippen LogP contribution in [0.1, 0.15) is 34.9 Å². The van der Waals surface area contributed by atoms with Crippen LogP contribution in [0.15, 0.2) is 60.7 Å². The van der Waals surface area contributed by atoms with E-state index in [0.717, 1.165) is 24.2 Å². The van der Waals surface area contributed by atoms with Crippen LogP contribution in [0.5, 0.6) is 5.75 Å². The molecule has 1 unspecified atom stereocenters. The molecule has 1 aliphatic heterocycles. The van der Waals surface area contributed by atoms with E-state index < -0.39 is 6.10 Å². The van der Waals surface area contributed by atoms with Crippen LogP contribution in [-0.2, 0) is 4.79 Å². The van der Waals surface area contributed by atoms with Gasteiger partial charge in [-0.1, -0.05) is 30.3 Å². The number of benzene rings is 2. The Morgan fingerprint density at radius 3 is 2.53 bits per heavy atom. The fourth-order valence-electron chi connectivity index (χ4n) is 3.76. The molecule has 0 radical (unpaired) electrons. The molecule has 3 aromatic rings. The molecule has 0 saturated heterocycles. The lowest BCUT2D eigenvalue weighted by Crippen LogP contribution is -2.50. The maximum absolute atomic E-state index is 13.7. The Hall–Kier alpha value is -3.61. The summed E-state index contributed by atoms with van der Waals surface area (Å²) in [6.07, 6.45) is 1.42. The van der Waals surface area contributed by atoms with Gasteiger partial charge < -0.3 is 10.1 Å². The molecule has 1 N–H and O–H groups in total. The predicted octanol–water partition coefficient (Wildman–Crippen LogP) is 2.90. The third-order valence-corrected chi connectivity index (χ3v) is 5.50. The SMILES string of the molecule is CNC(=O)C1CN(C(=O)c2cc(C3CC3)nn2-c2ccccc2)c2ccccc2O1. The highest BCUT2D eigenvalue weighted by Gasteiger charge is 2.36. The van der Waals surface area contributed by atoms with E-state index in [1.807, 2.05) is 54.6 Å². The second kappa shape index (κ2) is 7.33. The molecule has 152 valence electrons. The molecule has 5 rings (SSSR count). The zero-order chi connectivity index (χ0) is 20.7. The smallest absolute Gasteiger partial charge is 0.277 e. The van der Waals surface area contributed by atoms with Gasteiger partial charge in [-0.2, -0.15) is 5.10 Å². The number of likely N-dealkylation sites (N-methyl/N-ethyl adjacent to an activating group) is 1. The summed E-state index contributed by atoms with van der Waals surface area (Å²) in [5.74, 6) is 0.455. The van der Waals surface area contributed by atoms with Crippen molar-refractivity contribution < 1.29 is 14.3 Å². The minimum Gasteiger partial charge on any atom is -0.477 e. The Kier molecular flexibility index (Phi) is 4.50. The number of fused-ring (bicyclic) bond motifs is 1. The van der Waals surface area contributed by atoms with E-state index in [1.54, 1.807) is 22.7 Å². The Balaban J connectivity index is 1.58. The van der Waals surface area contributed by atoms with Crippen molar-refractivity contribution in [1.82, 2.24) is 15.1 Å². The molecule has 0 bridgehead atoms. The molecule has 2 amide bonds. The highest BCUT2D eigenvalue weighted by Crippen LogP contribution is 2.40. The van der Waals surface area contributed by atoms with Gasteiger partial charge >= 0.3 is 0 Å². The molecule has 1 atom stereocenters. The zero-order valence-corrected chi connectivity index (χ0v) is 16.6. The van der Waals surface area contributed by atoms with Crippen LogP contribution in [0.25, 0.3) is 5.69 Å². The number of aromatic nitrogens is 2. The summed E-state index contributed by atoms with van der Waals surface area (Å²) in [4.78, 5) is 27.6. The quantitative estimate of drug-likeness (QED) is 0.728. The Bertz CT molecular complexity index is 1100. The van der Waals surface area contributed by atoms with E-state index in [1.165, 1.54) is 0 Å². The molecular weight excluding hydrogens is 380 g/mol. The summed E-state index contributed by atoms with van der Waals surface area (Å²) in [7, 11) is 1.56. The molecule has 0 spiro atoms. The first-order valence-corrected chi connectivity index (χ1v) is 10.1. The van der Waals surface area contributed by atoms with Crippen LogP contribution < -0.4 is 15.0 Å². The number of carbonyl (C=O) groups excluding carboxylic acids is 2. The maximum atomic E-state index is 13.7. The minimum atomic E-state index is -0.773. The molecule has 2 aromatic carbocycles. The van der Waals surface area contributed by atoms with Crippen molar-refractivity contribution in [2.75, 3.05) is 18.5 Å². The second-order valence-corrected chi connectivity index (χ2v) is 7.58. The van der Waals surface area contributed by atoms with E-state index in [9.17, 15) is 9.59 Å². The van der Waals surface area contributed by atoms with Crippen molar-refractivity contribution in [2.45, 2.75) is 24.9 Å². The van der Waals surface area contributed by atoms with Gasteiger partial charge in [0.1, 0.15) is 11.4 Å². The van der Waals surface area contributed by atoms with Gasteiger partial charge in [-0.25, -0.2) is 4.68 Å². The minimum absolute atomic E-state index is 0.133. The zero-order valence-electron chi connectivity index (χ0n) is 16.6. The van der Waals surface area contributed by atoms with Gasteiger partial charge in [-0.05, 0) is 43.2 Å². The van der Waals surface area contributed by atoms with Crippen molar-refractivity contribution in [3.8, 4) is 11.4 Å². The molecule has 2 aliphatic rings. The van der Waals surface area contributed by atoms with E-state index >= 15 is 0 Å². The van der Waals surface area contributed by atoms with E-state index in [-0.39, 0.29) is 18.4 Å². The first kappa shape index (κ1) is 18.4. The van der Waals surface area contributed by atoms with Crippen LogP contribution in [-0.4, -0.2) is 41.3 Å². The van der Waals surface area contributed by atoms with Gasteiger partial charge in [0.15, 0.2) is 6.10 Å². The van der Waals surface area contributed by atoms with Crippen molar-refractivity contribution in [3.63, 3.8) is 0 Å². The van der Waals surface area contributed by atoms with Crippen LogP contribution in [0, 0.1) is 0 Å². The van der Waals surface area contributed by atoms with Crippen LogP contribution in [0.3, 0.4) is 0 Å². The van der Waals surface area contributed by atoms with Gasteiger partial charge in [-0.15, -0.1) is 0 Å². The van der Waals surface area contributed by atoms with Crippen molar-refractivity contribution in [1.29, 1.82) is 0 Å². The first-order valence-electron chi connectivity index (χ1n) is 10.1. The highest BCUT2D eigenvalue weighted by molar-refractivity contribution is 6.07. The summed E-state index contributed by atoms with van der Waals surface area (Å²) in [6, 6.07) is 18.8. The largest absolute Gasteiger partial charge is 0.477 e. The van der Waals surface area contributed by atoms with Crippen molar-refractivity contribution >= 4 is 17.5 Å². The third-order valence-electron chi connectivity index (χ3n) is 5.50. The Morgan fingerprint density at radius 2 is 1.80 bits per heavy atom. The fourth-order valence-corrected chi connectivity index (χ4v) is 3.76. The third kappa shape index (κ3) is 3.22. The predicted molar refractivity (Wildman–Crippen MR) is 112 cm³/mol. The summed E-state index contributed by atoms with van der Waals surface area (Å²) in [6.45, 7) is 0.133. The number of ether oxygens (including phenoxy) is 1. The maximum Gasteiger partial charge on any atom is 0.277 e. The summed E-state index contributed by atoms with van der Waals surface area (Å²) < 4.78 is 7.55. The summed E-state index contributed by atoms with van der Waals surface area (Å²) in [5, 5.41) is 7.35. The van der Waals surface area contributed by atoms with Crippen molar-refractivity contribution in [3.05, 3.63) is 72.1 Å². The van der Waals surface area contributed by atoms with Gasteiger partial charge in [0, 0.05) is 13.0 Å². The standard InChI is InChI=1S/C23H22N4O3/c1-24-22(28)21-14-26(18-9-5-6-10-20(18)30-21)23(29)19-13-17(15-11-12-15)25-27(19)16-7-3-2-4-8-16/h2-10,13,15,21H,11-12,14H2,1H3,(H,24,28). The molecule has 2 heterocycles. The number of hydrogen-bond acceptors (Lipinski definition) is 4. The number of hydrogen-bond donors (Lipinski definition) is 1. The number of nitrogens with one attached hydrogen (secondary N) is 1. The fraction of sp³-hybridized carbons (Fsp3) is 0.261. The van der Waals surface area contributed by atoms with Crippen molar-refractivity contribution in [2.24, 2.45) is 0 Å². The molecule has 30 heavy (non-hydrogen) atoms. The van der Waals surface area contributed by atoms with Gasteiger partial charge in [0.25, 0.3) is 11.8 Å². The lowest BCUT2D eigenvalue weighted by atomic mass is 10.1. The van der Waals surface area contributed by atoms with Crippen LogP contribution in [0.2, 0.25) is 0 Å².